The second-order valence-corrected chi connectivity index (χ2v) is 4.18. The Bertz CT molecular complexity index is 343. The van der Waals surface area contributed by atoms with Crippen molar-refractivity contribution in [1.29, 1.82) is 0 Å². The molecule has 0 saturated carbocycles. The molecule has 4 heteroatoms. The SMILES string of the molecule is COC(=O)CCCCC(C)c1ccoc1CO. The molecule has 4 nitrogen and oxygen atoms in total. The van der Waals surface area contributed by atoms with Gasteiger partial charge in [-0.05, 0) is 30.4 Å². The van der Waals surface area contributed by atoms with E-state index in [1.54, 1.807) is 6.26 Å². The molecular weight excluding hydrogens is 220 g/mol. The highest BCUT2D eigenvalue weighted by Gasteiger charge is 2.12. The van der Waals surface area contributed by atoms with E-state index in [4.69, 9.17) is 9.52 Å². The van der Waals surface area contributed by atoms with Crippen molar-refractivity contribution in [1.82, 2.24) is 0 Å². The maximum absolute atomic E-state index is 10.9. The van der Waals surface area contributed by atoms with Crippen LogP contribution in [0.15, 0.2) is 16.7 Å². The Labute approximate surface area is 102 Å². The van der Waals surface area contributed by atoms with Gasteiger partial charge >= 0.3 is 5.97 Å². The van der Waals surface area contributed by atoms with Gasteiger partial charge in [0.05, 0.1) is 13.4 Å². The number of ether oxygens (including phenoxy) is 1. The van der Waals surface area contributed by atoms with Crippen molar-refractivity contribution in [2.24, 2.45) is 0 Å². The van der Waals surface area contributed by atoms with Crippen molar-refractivity contribution in [3.05, 3.63) is 23.7 Å². The minimum atomic E-state index is -0.156. The Morgan fingerprint density at radius 3 is 2.94 bits per heavy atom. The van der Waals surface area contributed by atoms with Crippen molar-refractivity contribution in [2.45, 2.75) is 45.1 Å². The molecule has 0 saturated heterocycles. The van der Waals surface area contributed by atoms with Crippen LogP contribution in [0.5, 0.6) is 0 Å². The molecule has 0 amide bonds. The first kappa shape index (κ1) is 13.8. The second kappa shape index (κ2) is 7.12. The zero-order chi connectivity index (χ0) is 12.7. The van der Waals surface area contributed by atoms with Crippen LogP contribution in [0.2, 0.25) is 0 Å². The third-order valence-corrected chi connectivity index (χ3v) is 2.95. The van der Waals surface area contributed by atoms with Crippen molar-refractivity contribution in [2.75, 3.05) is 7.11 Å². The topological polar surface area (TPSA) is 59.7 Å². The largest absolute Gasteiger partial charge is 0.469 e. The summed E-state index contributed by atoms with van der Waals surface area (Å²) in [6, 6.07) is 1.90. The highest BCUT2D eigenvalue weighted by atomic mass is 16.5. The van der Waals surface area contributed by atoms with E-state index >= 15 is 0 Å². The zero-order valence-electron chi connectivity index (χ0n) is 10.4. The van der Waals surface area contributed by atoms with Gasteiger partial charge in [-0.25, -0.2) is 0 Å². The summed E-state index contributed by atoms with van der Waals surface area (Å²) < 4.78 is 9.75. The maximum atomic E-state index is 10.9. The molecule has 0 aromatic carbocycles. The van der Waals surface area contributed by atoms with Gasteiger partial charge in [-0.3, -0.25) is 4.79 Å². The van der Waals surface area contributed by atoms with Crippen LogP contribution in [-0.4, -0.2) is 18.2 Å². The number of aliphatic hydroxyl groups excluding tert-OH is 1. The van der Waals surface area contributed by atoms with Crippen LogP contribution in [-0.2, 0) is 16.1 Å². The van der Waals surface area contributed by atoms with E-state index in [-0.39, 0.29) is 12.6 Å². The minimum Gasteiger partial charge on any atom is -0.469 e. The summed E-state index contributed by atoms with van der Waals surface area (Å²) in [4.78, 5) is 10.9. The fraction of sp³-hybridized carbons (Fsp3) is 0.615. The molecule has 0 aliphatic heterocycles. The Morgan fingerprint density at radius 1 is 1.53 bits per heavy atom. The molecule has 1 rings (SSSR count). The highest BCUT2D eigenvalue weighted by molar-refractivity contribution is 5.68. The second-order valence-electron chi connectivity index (χ2n) is 4.18. The number of carbonyl (C=O) groups excluding carboxylic acids is 1. The van der Waals surface area contributed by atoms with Gasteiger partial charge in [-0.15, -0.1) is 0 Å². The molecule has 0 aliphatic rings. The predicted molar refractivity (Wildman–Crippen MR) is 63.5 cm³/mol. The van der Waals surface area contributed by atoms with E-state index in [0.29, 0.717) is 18.1 Å². The van der Waals surface area contributed by atoms with Crippen LogP contribution in [0.1, 0.15) is 49.8 Å². The van der Waals surface area contributed by atoms with Gasteiger partial charge in [0.25, 0.3) is 0 Å². The number of esters is 1. The standard InChI is InChI=1S/C13H20O4/c1-10(5-3-4-6-13(15)16-2)11-7-8-17-12(11)9-14/h7-8,10,14H,3-6,9H2,1-2H3. The van der Waals surface area contributed by atoms with E-state index < -0.39 is 0 Å². The molecule has 0 bridgehead atoms. The lowest BCUT2D eigenvalue weighted by Crippen LogP contribution is -2.01. The molecular formula is C13H20O4. The molecule has 1 N–H and O–H groups in total. The molecule has 17 heavy (non-hydrogen) atoms. The van der Waals surface area contributed by atoms with Crippen molar-refractivity contribution >= 4 is 5.97 Å². The van der Waals surface area contributed by atoms with Gasteiger partial charge in [0.2, 0.25) is 0 Å². The van der Waals surface area contributed by atoms with Crippen LogP contribution in [0.3, 0.4) is 0 Å². The van der Waals surface area contributed by atoms with Crippen LogP contribution in [0, 0.1) is 0 Å². The predicted octanol–water partition coefficient (Wildman–Crippen LogP) is 2.61. The van der Waals surface area contributed by atoms with Crippen LogP contribution in [0.25, 0.3) is 0 Å². The highest BCUT2D eigenvalue weighted by Crippen LogP contribution is 2.26. The number of hydrogen-bond donors (Lipinski definition) is 1. The molecule has 1 atom stereocenters. The number of rotatable bonds is 7. The summed E-state index contributed by atoms with van der Waals surface area (Å²) in [6.07, 6.45) is 4.85. The molecule has 0 aliphatic carbocycles. The van der Waals surface area contributed by atoms with Gasteiger partial charge in [0, 0.05) is 6.42 Å². The normalized spacial score (nSPS) is 12.4. The van der Waals surface area contributed by atoms with Crippen molar-refractivity contribution in [3.63, 3.8) is 0 Å². The smallest absolute Gasteiger partial charge is 0.305 e. The number of aliphatic hydroxyl groups is 1. The molecule has 96 valence electrons. The van der Waals surface area contributed by atoms with Crippen molar-refractivity contribution in [3.8, 4) is 0 Å². The van der Waals surface area contributed by atoms with E-state index in [2.05, 4.69) is 11.7 Å². The quantitative estimate of drug-likeness (QED) is 0.588. The third-order valence-electron chi connectivity index (χ3n) is 2.95. The lowest BCUT2D eigenvalue weighted by atomic mass is 9.95. The van der Waals surface area contributed by atoms with Gasteiger partial charge in [0.1, 0.15) is 12.4 Å². The number of unbranched alkanes of at least 4 members (excludes halogenated alkanes) is 1. The molecule has 1 aromatic rings. The summed E-state index contributed by atoms with van der Waals surface area (Å²) in [5, 5.41) is 9.08. The lowest BCUT2D eigenvalue weighted by molar-refractivity contribution is -0.140. The first-order valence-electron chi connectivity index (χ1n) is 5.93. The van der Waals surface area contributed by atoms with E-state index in [9.17, 15) is 4.79 Å². The Hall–Kier alpha value is -1.29. The number of furan rings is 1. The molecule has 0 radical (unpaired) electrons. The van der Waals surface area contributed by atoms with Gasteiger partial charge in [-0.2, -0.15) is 0 Å². The first-order valence-corrected chi connectivity index (χ1v) is 5.93. The third kappa shape index (κ3) is 4.23. The van der Waals surface area contributed by atoms with Gasteiger partial charge in [0.15, 0.2) is 0 Å². The molecule has 0 fully saturated rings. The van der Waals surface area contributed by atoms with Gasteiger partial charge < -0.3 is 14.3 Å². The fourth-order valence-electron chi connectivity index (χ4n) is 1.90. The summed E-state index contributed by atoms with van der Waals surface area (Å²) in [5.74, 6) is 0.830. The van der Waals surface area contributed by atoms with E-state index in [0.717, 1.165) is 24.8 Å². The molecule has 1 unspecified atom stereocenters. The van der Waals surface area contributed by atoms with E-state index in [1.165, 1.54) is 7.11 Å². The Kier molecular flexibility index (Phi) is 5.77. The molecule has 0 spiro atoms. The summed E-state index contributed by atoms with van der Waals surface area (Å²) in [6.45, 7) is 2.04. The summed E-state index contributed by atoms with van der Waals surface area (Å²) in [5.41, 5.74) is 1.06. The van der Waals surface area contributed by atoms with Crippen LogP contribution in [0.4, 0.5) is 0 Å². The monoisotopic (exact) mass is 240 g/mol. The average molecular weight is 240 g/mol. The number of hydrogen-bond acceptors (Lipinski definition) is 4. The van der Waals surface area contributed by atoms with E-state index in [1.807, 2.05) is 6.07 Å². The first-order chi connectivity index (χ1) is 8.19. The summed E-state index contributed by atoms with van der Waals surface area (Å²) in [7, 11) is 1.41. The lowest BCUT2D eigenvalue weighted by Gasteiger charge is -2.10. The number of carbonyl (C=O) groups is 1. The molecule has 1 aromatic heterocycles. The fourth-order valence-corrected chi connectivity index (χ4v) is 1.90. The Morgan fingerprint density at radius 2 is 2.29 bits per heavy atom. The van der Waals surface area contributed by atoms with Gasteiger partial charge in [-0.1, -0.05) is 13.3 Å². The number of methoxy groups -OCH3 is 1. The molecule has 1 heterocycles. The van der Waals surface area contributed by atoms with Crippen LogP contribution >= 0.6 is 0 Å². The summed E-state index contributed by atoms with van der Waals surface area (Å²) >= 11 is 0. The average Bonchev–Trinajstić information content (AvgIpc) is 2.82. The Balaban J connectivity index is 2.30. The zero-order valence-corrected chi connectivity index (χ0v) is 10.4. The minimum absolute atomic E-state index is 0.0607. The van der Waals surface area contributed by atoms with Crippen LogP contribution < -0.4 is 0 Å². The van der Waals surface area contributed by atoms with Crippen molar-refractivity contribution < 1.29 is 19.1 Å². The maximum Gasteiger partial charge on any atom is 0.305 e.